The Balaban J connectivity index is 1.69. The summed E-state index contributed by atoms with van der Waals surface area (Å²) >= 11 is 0. The Kier molecular flexibility index (Phi) is 4.40. The lowest BCUT2D eigenvalue weighted by Gasteiger charge is -2.27. The number of hydrogen-bond donors (Lipinski definition) is 1. The molecular weight excluding hydrogens is 244 g/mol. The Bertz CT molecular complexity index is 443. The molecule has 2 fully saturated rings. The summed E-state index contributed by atoms with van der Waals surface area (Å²) < 4.78 is 0. The summed E-state index contributed by atoms with van der Waals surface area (Å²) in [7, 11) is 0. The van der Waals surface area contributed by atoms with Gasteiger partial charge in [-0.15, -0.1) is 0 Å². The Morgan fingerprint density at radius 3 is 2.85 bits per heavy atom. The van der Waals surface area contributed by atoms with Gasteiger partial charge in [0.05, 0.1) is 0 Å². The van der Waals surface area contributed by atoms with Gasteiger partial charge in [0.2, 0.25) is 0 Å². The highest BCUT2D eigenvalue weighted by molar-refractivity contribution is 5.20. The summed E-state index contributed by atoms with van der Waals surface area (Å²) in [5, 5.41) is 3.76. The smallest absolute Gasteiger partial charge is 0.0338 e. The van der Waals surface area contributed by atoms with Gasteiger partial charge < -0.3 is 5.32 Å². The number of rotatable bonds is 6. The zero-order chi connectivity index (χ0) is 13.9. The molecule has 3 rings (SSSR count). The van der Waals surface area contributed by atoms with Crippen molar-refractivity contribution in [3.05, 3.63) is 29.6 Å². The Hall–Kier alpha value is -0.890. The molecule has 2 nitrogen and oxygen atoms in total. The summed E-state index contributed by atoms with van der Waals surface area (Å²) in [5.41, 5.74) is 2.67. The molecule has 0 aliphatic heterocycles. The van der Waals surface area contributed by atoms with Crippen LogP contribution in [0.25, 0.3) is 0 Å². The van der Waals surface area contributed by atoms with Crippen LogP contribution in [0.5, 0.6) is 0 Å². The highest BCUT2D eigenvalue weighted by Gasteiger charge is 2.40. The highest BCUT2D eigenvalue weighted by Crippen LogP contribution is 2.50. The van der Waals surface area contributed by atoms with Crippen LogP contribution in [-0.4, -0.2) is 11.5 Å². The van der Waals surface area contributed by atoms with Crippen molar-refractivity contribution in [2.24, 2.45) is 17.8 Å². The predicted molar refractivity (Wildman–Crippen MR) is 83.6 cm³/mol. The lowest BCUT2D eigenvalue weighted by Crippen LogP contribution is -2.26. The van der Waals surface area contributed by atoms with E-state index in [0.717, 1.165) is 24.3 Å². The van der Waals surface area contributed by atoms with E-state index in [1.54, 1.807) is 0 Å². The summed E-state index contributed by atoms with van der Waals surface area (Å²) in [6, 6.07) is 2.82. The lowest BCUT2D eigenvalue weighted by molar-refractivity contribution is 0.279. The predicted octanol–water partition coefficient (Wildman–Crippen LogP) is 4.26. The summed E-state index contributed by atoms with van der Waals surface area (Å²) in [6.45, 7) is 5.50. The topological polar surface area (TPSA) is 24.9 Å². The fraction of sp³-hybridized carbons (Fsp3) is 0.722. The molecule has 2 saturated carbocycles. The van der Waals surface area contributed by atoms with Crippen LogP contribution in [0, 0.1) is 24.7 Å². The van der Waals surface area contributed by atoms with E-state index < -0.39 is 0 Å². The highest BCUT2D eigenvalue weighted by atomic mass is 14.9. The molecule has 2 aliphatic rings. The van der Waals surface area contributed by atoms with Crippen LogP contribution in [0.2, 0.25) is 0 Å². The Morgan fingerprint density at radius 2 is 2.20 bits per heavy atom. The van der Waals surface area contributed by atoms with Gasteiger partial charge in [-0.2, -0.15) is 0 Å². The molecule has 0 spiro atoms. The van der Waals surface area contributed by atoms with Gasteiger partial charge >= 0.3 is 0 Å². The number of fused-ring (bicyclic) bond motifs is 2. The first-order chi connectivity index (χ1) is 9.76. The zero-order valence-electron chi connectivity index (χ0n) is 12.9. The second-order valence-corrected chi connectivity index (χ2v) is 6.97. The minimum Gasteiger partial charge on any atom is -0.310 e. The maximum Gasteiger partial charge on any atom is 0.0338 e. The van der Waals surface area contributed by atoms with E-state index in [2.05, 4.69) is 36.4 Å². The molecule has 1 aromatic rings. The molecule has 0 radical (unpaired) electrons. The third kappa shape index (κ3) is 3.06. The van der Waals surface area contributed by atoms with Crippen molar-refractivity contribution in [1.82, 2.24) is 10.3 Å². The van der Waals surface area contributed by atoms with Crippen molar-refractivity contribution in [3.63, 3.8) is 0 Å². The number of aryl methyl sites for hydroxylation is 1. The number of nitrogens with one attached hydrogen (secondary N) is 1. The first kappa shape index (κ1) is 14.1. The Labute approximate surface area is 123 Å². The summed E-state index contributed by atoms with van der Waals surface area (Å²) in [6.07, 6.45) is 12.5. The van der Waals surface area contributed by atoms with Crippen LogP contribution >= 0.6 is 0 Å². The molecule has 0 aromatic carbocycles. The number of pyridine rings is 1. The average molecular weight is 272 g/mol. The van der Waals surface area contributed by atoms with Crippen molar-refractivity contribution < 1.29 is 0 Å². The molecule has 0 amide bonds. The van der Waals surface area contributed by atoms with Crippen molar-refractivity contribution in [3.8, 4) is 0 Å². The quantitative estimate of drug-likeness (QED) is 0.837. The molecular formula is C18H28N2. The normalized spacial score (nSPS) is 29.8. The average Bonchev–Trinajstić information content (AvgIpc) is 3.06. The molecule has 0 saturated heterocycles. The molecule has 1 aromatic heterocycles. The van der Waals surface area contributed by atoms with Crippen molar-refractivity contribution in [2.75, 3.05) is 6.54 Å². The van der Waals surface area contributed by atoms with Gasteiger partial charge in [0.25, 0.3) is 0 Å². The van der Waals surface area contributed by atoms with Gasteiger partial charge in [-0.1, -0.05) is 19.4 Å². The standard InChI is InChI=1S/C18H28N2/c1-3-6-20-18(17-7-13(2)11-19-12-17)10-16-9-14-4-5-15(16)8-14/h7,11-12,14-16,18,20H,3-6,8-10H2,1-2H3. The molecule has 110 valence electrons. The third-order valence-electron chi connectivity index (χ3n) is 5.36. The van der Waals surface area contributed by atoms with Crippen LogP contribution in [0.3, 0.4) is 0 Å². The molecule has 4 atom stereocenters. The van der Waals surface area contributed by atoms with E-state index in [0.29, 0.717) is 6.04 Å². The van der Waals surface area contributed by atoms with Gasteiger partial charge in [0, 0.05) is 18.4 Å². The van der Waals surface area contributed by atoms with E-state index in [1.807, 2.05) is 6.20 Å². The second-order valence-electron chi connectivity index (χ2n) is 6.97. The van der Waals surface area contributed by atoms with Gasteiger partial charge in [-0.3, -0.25) is 4.98 Å². The summed E-state index contributed by atoms with van der Waals surface area (Å²) in [4.78, 5) is 4.40. The number of hydrogen-bond acceptors (Lipinski definition) is 2. The van der Waals surface area contributed by atoms with Crippen LogP contribution in [-0.2, 0) is 0 Å². The molecule has 4 unspecified atom stereocenters. The molecule has 2 aliphatic carbocycles. The van der Waals surface area contributed by atoms with Crippen LogP contribution in [0.4, 0.5) is 0 Å². The monoisotopic (exact) mass is 272 g/mol. The molecule has 2 bridgehead atoms. The van der Waals surface area contributed by atoms with Crippen molar-refractivity contribution in [1.29, 1.82) is 0 Å². The van der Waals surface area contributed by atoms with E-state index in [-0.39, 0.29) is 0 Å². The lowest BCUT2D eigenvalue weighted by atomic mass is 9.83. The van der Waals surface area contributed by atoms with Gasteiger partial charge in [-0.05, 0) is 74.5 Å². The molecule has 1 N–H and O–H groups in total. The van der Waals surface area contributed by atoms with E-state index in [1.165, 1.54) is 49.7 Å². The number of nitrogens with zero attached hydrogens (tertiary/aromatic N) is 1. The molecule has 2 heteroatoms. The van der Waals surface area contributed by atoms with E-state index in [4.69, 9.17) is 0 Å². The number of aromatic nitrogens is 1. The van der Waals surface area contributed by atoms with Crippen molar-refractivity contribution in [2.45, 2.75) is 58.4 Å². The van der Waals surface area contributed by atoms with Gasteiger partial charge in [0.1, 0.15) is 0 Å². The van der Waals surface area contributed by atoms with Crippen molar-refractivity contribution >= 4 is 0 Å². The fourth-order valence-electron chi connectivity index (χ4n) is 4.39. The van der Waals surface area contributed by atoms with Gasteiger partial charge in [-0.25, -0.2) is 0 Å². The third-order valence-corrected chi connectivity index (χ3v) is 5.36. The van der Waals surface area contributed by atoms with Crippen LogP contribution < -0.4 is 5.32 Å². The largest absolute Gasteiger partial charge is 0.310 e. The van der Waals surface area contributed by atoms with E-state index in [9.17, 15) is 0 Å². The van der Waals surface area contributed by atoms with Crippen LogP contribution in [0.15, 0.2) is 18.5 Å². The fourth-order valence-corrected chi connectivity index (χ4v) is 4.39. The minimum absolute atomic E-state index is 0.506. The zero-order valence-corrected chi connectivity index (χ0v) is 12.9. The van der Waals surface area contributed by atoms with E-state index >= 15 is 0 Å². The Morgan fingerprint density at radius 1 is 1.30 bits per heavy atom. The first-order valence-corrected chi connectivity index (χ1v) is 8.41. The first-order valence-electron chi connectivity index (χ1n) is 8.41. The molecule has 20 heavy (non-hydrogen) atoms. The summed E-state index contributed by atoms with van der Waals surface area (Å²) in [5.74, 6) is 3.01. The maximum absolute atomic E-state index is 4.40. The molecule has 1 heterocycles. The van der Waals surface area contributed by atoms with Crippen LogP contribution in [0.1, 0.15) is 62.6 Å². The minimum atomic E-state index is 0.506. The maximum atomic E-state index is 4.40. The SMILES string of the molecule is CCCNC(CC1CC2CCC1C2)c1cncc(C)c1. The second kappa shape index (κ2) is 6.26. The van der Waals surface area contributed by atoms with Gasteiger partial charge in [0.15, 0.2) is 0 Å².